The number of rotatable bonds is 4. The first-order chi connectivity index (χ1) is 14.7. The van der Waals surface area contributed by atoms with E-state index in [-0.39, 0.29) is 11.9 Å². The summed E-state index contributed by atoms with van der Waals surface area (Å²) in [6.45, 7) is 0. The van der Waals surface area contributed by atoms with E-state index in [2.05, 4.69) is 10.2 Å². The van der Waals surface area contributed by atoms with Crippen molar-refractivity contribution < 1.29 is 9.53 Å². The molecule has 1 aliphatic heterocycles. The van der Waals surface area contributed by atoms with E-state index in [0.717, 1.165) is 33.8 Å². The number of H-pyrrole nitrogens is 1. The van der Waals surface area contributed by atoms with Gasteiger partial charge in [0, 0.05) is 21.8 Å². The Balaban J connectivity index is 1.70. The van der Waals surface area contributed by atoms with Gasteiger partial charge in [-0.3, -0.25) is 14.8 Å². The van der Waals surface area contributed by atoms with Crippen LogP contribution in [-0.2, 0) is 0 Å². The zero-order valence-corrected chi connectivity index (χ0v) is 16.9. The van der Waals surface area contributed by atoms with Crippen molar-refractivity contribution in [2.45, 2.75) is 6.04 Å². The van der Waals surface area contributed by atoms with Crippen LogP contribution >= 0.6 is 11.6 Å². The van der Waals surface area contributed by atoms with Crippen LogP contribution in [0.15, 0.2) is 78.9 Å². The van der Waals surface area contributed by atoms with Gasteiger partial charge >= 0.3 is 0 Å². The first-order valence-corrected chi connectivity index (χ1v) is 9.92. The summed E-state index contributed by atoms with van der Waals surface area (Å²) in [5.41, 5.74) is 4.81. The molecule has 1 aromatic heterocycles. The fourth-order valence-corrected chi connectivity index (χ4v) is 4.06. The van der Waals surface area contributed by atoms with Crippen molar-refractivity contribution in [1.29, 1.82) is 0 Å². The summed E-state index contributed by atoms with van der Waals surface area (Å²) >= 11 is 6.12. The lowest BCUT2D eigenvalue weighted by Crippen LogP contribution is -2.29. The summed E-state index contributed by atoms with van der Waals surface area (Å²) in [5, 5.41) is 8.12. The standard InChI is InChI=1S/C24H18ClN3O2/c1-30-19-13-9-15(10-14-19)21-20-22(27-26-21)24(29)28(18-5-3-2-4-6-18)23(20)16-7-11-17(25)12-8-16/h2-14,23H,1H3,(H,26,27). The number of aromatic amines is 1. The number of nitrogens with one attached hydrogen (secondary N) is 1. The normalized spacial score (nSPS) is 15.3. The van der Waals surface area contributed by atoms with Crippen LogP contribution in [0, 0.1) is 0 Å². The molecule has 5 nitrogen and oxygen atoms in total. The molecular formula is C24H18ClN3O2. The Morgan fingerprint density at radius 2 is 1.67 bits per heavy atom. The topological polar surface area (TPSA) is 58.2 Å². The number of fused-ring (bicyclic) bond motifs is 1. The highest BCUT2D eigenvalue weighted by molar-refractivity contribution is 6.30. The summed E-state index contributed by atoms with van der Waals surface area (Å²) in [6, 6.07) is 24.6. The molecule has 0 aliphatic carbocycles. The molecule has 0 spiro atoms. The Morgan fingerprint density at radius 3 is 2.33 bits per heavy atom. The second-order valence-electron chi connectivity index (χ2n) is 7.05. The summed E-state index contributed by atoms with van der Waals surface area (Å²) in [4.78, 5) is 15.2. The monoisotopic (exact) mass is 415 g/mol. The van der Waals surface area contributed by atoms with Gasteiger partial charge in [0.15, 0.2) is 0 Å². The molecule has 3 aromatic carbocycles. The Labute approximate surface area is 178 Å². The highest BCUT2D eigenvalue weighted by Gasteiger charge is 2.43. The van der Waals surface area contributed by atoms with Crippen molar-refractivity contribution in [2.24, 2.45) is 0 Å². The maximum atomic E-state index is 13.4. The number of anilines is 1. The van der Waals surface area contributed by atoms with E-state index in [1.54, 1.807) is 12.0 Å². The largest absolute Gasteiger partial charge is 0.497 e. The van der Waals surface area contributed by atoms with E-state index in [9.17, 15) is 4.79 Å². The van der Waals surface area contributed by atoms with E-state index < -0.39 is 0 Å². The lowest BCUT2D eigenvalue weighted by molar-refractivity contribution is 0.0989. The molecule has 5 rings (SSSR count). The number of hydrogen-bond acceptors (Lipinski definition) is 3. The van der Waals surface area contributed by atoms with Gasteiger partial charge in [-0.2, -0.15) is 5.10 Å². The molecule has 1 amide bonds. The lowest BCUT2D eigenvalue weighted by atomic mass is 9.96. The minimum absolute atomic E-state index is 0.108. The molecule has 0 saturated carbocycles. The zero-order chi connectivity index (χ0) is 20.7. The third kappa shape index (κ3) is 2.95. The first kappa shape index (κ1) is 18.5. The summed E-state index contributed by atoms with van der Waals surface area (Å²) in [7, 11) is 1.63. The summed E-state index contributed by atoms with van der Waals surface area (Å²) in [5.74, 6) is 0.658. The van der Waals surface area contributed by atoms with Crippen LogP contribution in [0.2, 0.25) is 5.02 Å². The molecule has 1 aliphatic rings. The number of methoxy groups -OCH3 is 1. The van der Waals surface area contributed by atoms with E-state index in [0.29, 0.717) is 10.7 Å². The van der Waals surface area contributed by atoms with Crippen molar-refractivity contribution in [2.75, 3.05) is 12.0 Å². The number of aromatic nitrogens is 2. The highest BCUT2D eigenvalue weighted by atomic mass is 35.5. The zero-order valence-electron chi connectivity index (χ0n) is 16.2. The van der Waals surface area contributed by atoms with Crippen LogP contribution < -0.4 is 9.64 Å². The first-order valence-electron chi connectivity index (χ1n) is 9.54. The van der Waals surface area contributed by atoms with Crippen LogP contribution in [0.1, 0.15) is 27.7 Å². The fraction of sp³-hybridized carbons (Fsp3) is 0.0833. The third-order valence-corrected chi connectivity index (χ3v) is 5.60. The number of carbonyl (C=O) groups excluding carboxylic acids is 1. The molecule has 6 heteroatoms. The van der Waals surface area contributed by atoms with Gasteiger partial charge in [0.2, 0.25) is 0 Å². The summed E-state index contributed by atoms with van der Waals surface area (Å²) in [6.07, 6.45) is 0. The van der Waals surface area contributed by atoms with Gasteiger partial charge in [-0.1, -0.05) is 41.9 Å². The molecule has 2 heterocycles. The minimum Gasteiger partial charge on any atom is -0.497 e. The maximum absolute atomic E-state index is 13.4. The molecule has 4 aromatic rings. The van der Waals surface area contributed by atoms with E-state index in [1.165, 1.54) is 0 Å². The Bertz CT molecular complexity index is 1200. The van der Waals surface area contributed by atoms with Crippen molar-refractivity contribution >= 4 is 23.2 Å². The molecule has 0 fully saturated rings. The summed E-state index contributed by atoms with van der Waals surface area (Å²) < 4.78 is 5.27. The number of hydrogen-bond donors (Lipinski definition) is 1. The third-order valence-electron chi connectivity index (χ3n) is 5.35. The smallest absolute Gasteiger partial charge is 0.277 e. The predicted molar refractivity (Wildman–Crippen MR) is 117 cm³/mol. The van der Waals surface area contributed by atoms with Crippen LogP contribution in [-0.4, -0.2) is 23.2 Å². The number of amides is 1. The molecule has 0 saturated heterocycles. The number of benzene rings is 3. The minimum atomic E-state index is -0.317. The SMILES string of the molecule is COc1ccc(-c2n[nH]c3c2C(c2ccc(Cl)cc2)N(c2ccccc2)C3=O)cc1. The molecule has 0 bridgehead atoms. The molecule has 148 valence electrons. The predicted octanol–water partition coefficient (Wildman–Crippen LogP) is 5.49. The van der Waals surface area contributed by atoms with Gasteiger partial charge < -0.3 is 4.74 Å². The van der Waals surface area contributed by atoms with Crippen molar-refractivity contribution in [3.05, 3.63) is 101 Å². The Kier molecular flexibility index (Phi) is 4.52. The van der Waals surface area contributed by atoms with Crippen LogP contribution in [0.25, 0.3) is 11.3 Å². The van der Waals surface area contributed by atoms with Crippen molar-refractivity contribution in [1.82, 2.24) is 10.2 Å². The van der Waals surface area contributed by atoms with Crippen molar-refractivity contribution in [3.63, 3.8) is 0 Å². The average molecular weight is 416 g/mol. The fourth-order valence-electron chi connectivity index (χ4n) is 3.93. The van der Waals surface area contributed by atoms with E-state index >= 15 is 0 Å². The molecule has 0 radical (unpaired) electrons. The van der Waals surface area contributed by atoms with Crippen molar-refractivity contribution in [3.8, 4) is 17.0 Å². The number of carbonyl (C=O) groups is 1. The molecular weight excluding hydrogens is 398 g/mol. The second kappa shape index (κ2) is 7.35. The van der Waals surface area contributed by atoms with Gasteiger partial charge in [-0.15, -0.1) is 0 Å². The quantitative estimate of drug-likeness (QED) is 0.479. The van der Waals surface area contributed by atoms with Crippen LogP contribution in [0.5, 0.6) is 5.75 Å². The van der Waals surface area contributed by atoms with Crippen LogP contribution in [0.4, 0.5) is 5.69 Å². The van der Waals surface area contributed by atoms with Gasteiger partial charge in [0.1, 0.15) is 11.4 Å². The average Bonchev–Trinajstić information content (AvgIpc) is 3.34. The molecule has 30 heavy (non-hydrogen) atoms. The Hall–Kier alpha value is -3.57. The second-order valence-corrected chi connectivity index (χ2v) is 7.49. The number of para-hydroxylation sites is 1. The van der Waals surface area contributed by atoms with E-state index in [4.69, 9.17) is 16.3 Å². The maximum Gasteiger partial charge on any atom is 0.277 e. The van der Waals surface area contributed by atoms with E-state index in [1.807, 2.05) is 78.9 Å². The number of halogens is 1. The van der Waals surface area contributed by atoms with Gasteiger partial charge in [0.05, 0.1) is 18.8 Å². The molecule has 1 unspecified atom stereocenters. The Morgan fingerprint density at radius 1 is 0.967 bits per heavy atom. The van der Waals surface area contributed by atoms with Crippen LogP contribution in [0.3, 0.4) is 0 Å². The molecule has 1 atom stereocenters. The van der Waals surface area contributed by atoms with Gasteiger partial charge in [-0.25, -0.2) is 0 Å². The number of nitrogens with zero attached hydrogens (tertiary/aromatic N) is 2. The number of ether oxygens (including phenoxy) is 1. The van der Waals surface area contributed by atoms with Gasteiger partial charge in [-0.05, 0) is 54.1 Å². The highest BCUT2D eigenvalue weighted by Crippen LogP contribution is 2.45. The lowest BCUT2D eigenvalue weighted by Gasteiger charge is -2.26. The molecule has 1 N–H and O–H groups in total. The van der Waals surface area contributed by atoms with Gasteiger partial charge in [0.25, 0.3) is 5.91 Å².